The molecule has 4 heteroatoms. The lowest BCUT2D eigenvalue weighted by Crippen LogP contribution is -2.51. The lowest BCUT2D eigenvalue weighted by molar-refractivity contribution is -0.141. The molecule has 3 aliphatic rings. The van der Waals surface area contributed by atoms with Crippen LogP contribution in [0.2, 0.25) is 0 Å². The van der Waals surface area contributed by atoms with E-state index in [1.165, 1.54) is 0 Å². The summed E-state index contributed by atoms with van der Waals surface area (Å²) in [5, 5.41) is 0. The van der Waals surface area contributed by atoms with Gasteiger partial charge in [-0.25, -0.2) is 0 Å². The van der Waals surface area contributed by atoms with Gasteiger partial charge in [-0.15, -0.1) is 0 Å². The summed E-state index contributed by atoms with van der Waals surface area (Å²) >= 11 is 0. The summed E-state index contributed by atoms with van der Waals surface area (Å²) < 4.78 is 0. The van der Waals surface area contributed by atoms with Crippen LogP contribution in [0.4, 0.5) is 0 Å². The first kappa shape index (κ1) is 11.2. The second-order valence-electron chi connectivity index (χ2n) is 5.83. The fourth-order valence-corrected chi connectivity index (χ4v) is 4.05. The van der Waals surface area contributed by atoms with Gasteiger partial charge in [0.15, 0.2) is 5.78 Å². The molecule has 3 atom stereocenters. The predicted octanol–water partition coefficient (Wildman–Crippen LogP) is 0.803. The van der Waals surface area contributed by atoms with Crippen LogP contribution in [0.1, 0.15) is 39.0 Å². The minimum Gasteiger partial charge on any atom is -0.328 e. The smallest absolute Gasteiger partial charge is 0.244 e. The minimum atomic E-state index is -0.265. The van der Waals surface area contributed by atoms with Gasteiger partial charge in [0.1, 0.15) is 5.54 Å². The minimum absolute atomic E-state index is 0.138. The average molecular weight is 236 g/mol. The van der Waals surface area contributed by atoms with E-state index < -0.39 is 0 Å². The Morgan fingerprint density at radius 3 is 2.76 bits per heavy atom. The molecule has 3 heterocycles. The van der Waals surface area contributed by atoms with E-state index in [9.17, 15) is 9.59 Å². The van der Waals surface area contributed by atoms with Gasteiger partial charge in [0.2, 0.25) is 5.91 Å². The zero-order chi connectivity index (χ0) is 12.2. The summed E-state index contributed by atoms with van der Waals surface area (Å²) in [6.45, 7) is 2.63. The maximum Gasteiger partial charge on any atom is 0.244 e. The predicted molar refractivity (Wildman–Crippen MR) is 63.5 cm³/mol. The fraction of sp³-hybridized carbons (Fsp3) is 0.846. The number of hydrogen-bond donors (Lipinski definition) is 0. The summed E-state index contributed by atoms with van der Waals surface area (Å²) in [5.74, 6) is 0.374. The molecule has 0 aromatic rings. The van der Waals surface area contributed by atoms with Crippen LogP contribution in [-0.2, 0) is 9.59 Å². The number of hydrogen-bond acceptors (Lipinski definition) is 3. The number of carbonyl (C=O) groups excluding carboxylic acids is 2. The molecule has 0 N–H and O–H groups in total. The number of carbonyl (C=O) groups is 2. The number of ketones is 1. The van der Waals surface area contributed by atoms with E-state index in [1.54, 1.807) is 6.92 Å². The van der Waals surface area contributed by atoms with Crippen LogP contribution in [0.5, 0.6) is 0 Å². The molecule has 0 radical (unpaired) electrons. The van der Waals surface area contributed by atoms with E-state index in [2.05, 4.69) is 11.9 Å². The summed E-state index contributed by atoms with van der Waals surface area (Å²) in [4.78, 5) is 28.4. The first-order valence-corrected chi connectivity index (χ1v) is 6.61. The molecule has 3 aliphatic heterocycles. The first-order chi connectivity index (χ1) is 8.06. The Balaban J connectivity index is 1.92. The zero-order valence-corrected chi connectivity index (χ0v) is 10.6. The molecule has 94 valence electrons. The lowest BCUT2D eigenvalue weighted by atomic mass is 9.90. The Labute approximate surface area is 102 Å². The standard InChI is InChI=1S/C13H20N2O2/c1-9(16)11-5-4-10-8-13(12(17)15(10)11)6-3-7-14(13)2/h10-11H,3-8H2,1-2H3. The van der Waals surface area contributed by atoms with Crippen LogP contribution in [0.25, 0.3) is 0 Å². The number of nitrogens with zero attached hydrogens (tertiary/aromatic N) is 2. The molecule has 3 rings (SSSR count). The van der Waals surface area contributed by atoms with Crippen molar-refractivity contribution in [1.29, 1.82) is 0 Å². The van der Waals surface area contributed by atoms with Crippen molar-refractivity contribution in [2.75, 3.05) is 13.6 Å². The van der Waals surface area contributed by atoms with Crippen molar-refractivity contribution in [2.24, 2.45) is 0 Å². The molecule has 0 bridgehead atoms. The quantitative estimate of drug-likeness (QED) is 0.676. The number of amides is 1. The highest BCUT2D eigenvalue weighted by molar-refractivity contribution is 5.95. The van der Waals surface area contributed by atoms with Crippen molar-refractivity contribution in [3.63, 3.8) is 0 Å². The monoisotopic (exact) mass is 236 g/mol. The van der Waals surface area contributed by atoms with Crippen molar-refractivity contribution in [2.45, 2.75) is 56.7 Å². The molecular weight excluding hydrogens is 216 g/mol. The van der Waals surface area contributed by atoms with Gasteiger partial charge in [-0.2, -0.15) is 0 Å². The highest BCUT2D eigenvalue weighted by Gasteiger charge is 2.59. The van der Waals surface area contributed by atoms with E-state index in [4.69, 9.17) is 0 Å². The molecule has 0 aliphatic carbocycles. The summed E-state index contributed by atoms with van der Waals surface area (Å²) in [6, 6.07) is 0.179. The number of Topliss-reactive ketones (excluding diaryl/α,β-unsaturated/α-hetero) is 1. The van der Waals surface area contributed by atoms with Crippen LogP contribution >= 0.6 is 0 Å². The van der Waals surface area contributed by atoms with Gasteiger partial charge in [0.25, 0.3) is 0 Å². The molecule has 1 amide bonds. The van der Waals surface area contributed by atoms with Crippen LogP contribution < -0.4 is 0 Å². The molecule has 17 heavy (non-hydrogen) atoms. The first-order valence-electron chi connectivity index (χ1n) is 6.61. The van der Waals surface area contributed by atoms with Gasteiger partial charge in [-0.05, 0) is 52.6 Å². The largest absolute Gasteiger partial charge is 0.328 e. The van der Waals surface area contributed by atoms with Crippen molar-refractivity contribution in [3.05, 3.63) is 0 Å². The van der Waals surface area contributed by atoms with Gasteiger partial charge in [0.05, 0.1) is 6.04 Å². The van der Waals surface area contributed by atoms with Crippen molar-refractivity contribution in [3.8, 4) is 0 Å². The Morgan fingerprint density at radius 2 is 2.18 bits per heavy atom. The summed E-state index contributed by atoms with van der Waals surface area (Å²) in [6.07, 6.45) is 4.89. The Hall–Kier alpha value is -0.900. The maximum atomic E-state index is 12.7. The summed E-state index contributed by atoms with van der Waals surface area (Å²) in [7, 11) is 2.05. The molecule has 3 saturated heterocycles. The highest BCUT2D eigenvalue weighted by Crippen LogP contribution is 2.46. The Bertz CT molecular complexity index is 382. The molecule has 0 saturated carbocycles. The van der Waals surface area contributed by atoms with E-state index in [0.717, 1.165) is 38.6 Å². The lowest BCUT2D eigenvalue weighted by Gasteiger charge is -2.31. The average Bonchev–Trinajstić information content (AvgIpc) is 2.89. The van der Waals surface area contributed by atoms with Crippen LogP contribution in [0.3, 0.4) is 0 Å². The van der Waals surface area contributed by atoms with E-state index >= 15 is 0 Å². The second kappa shape index (κ2) is 3.55. The molecule has 0 aromatic carbocycles. The topological polar surface area (TPSA) is 40.6 Å². The number of rotatable bonds is 1. The normalized spacial score (nSPS) is 41.5. The molecular formula is C13H20N2O2. The third kappa shape index (κ3) is 1.33. The third-order valence-corrected chi connectivity index (χ3v) is 4.99. The number of likely N-dealkylation sites (N-methyl/N-ethyl adjacent to an activating group) is 1. The van der Waals surface area contributed by atoms with Crippen molar-refractivity contribution < 1.29 is 9.59 Å². The maximum absolute atomic E-state index is 12.7. The van der Waals surface area contributed by atoms with Crippen LogP contribution in [0, 0.1) is 0 Å². The SMILES string of the molecule is CC(=O)C1CCC2CC3(CCCN3C)C(=O)N21. The molecule has 3 fully saturated rings. The van der Waals surface area contributed by atoms with Gasteiger partial charge in [-0.3, -0.25) is 14.5 Å². The van der Waals surface area contributed by atoms with Gasteiger partial charge >= 0.3 is 0 Å². The van der Waals surface area contributed by atoms with Gasteiger partial charge in [-0.1, -0.05) is 0 Å². The molecule has 1 spiro atoms. The highest BCUT2D eigenvalue weighted by atomic mass is 16.2. The van der Waals surface area contributed by atoms with E-state index in [1.807, 2.05) is 4.90 Å². The van der Waals surface area contributed by atoms with Crippen LogP contribution in [0.15, 0.2) is 0 Å². The van der Waals surface area contributed by atoms with E-state index in [0.29, 0.717) is 6.04 Å². The van der Waals surface area contributed by atoms with Gasteiger partial charge in [0, 0.05) is 6.04 Å². The Kier molecular flexibility index (Phi) is 2.34. The Morgan fingerprint density at radius 1 is 1.41 bits per heavy atom. The molecule has 4 nitrogen and oxygen atoms in total. The second-order valence-corrected chi connectivity index (χ2v) is 5.83. The van der Waals surface area contributed by atoms with Crippen molar-refractivity contribution in [1.82, 2.24) is 9.80 Å². The third-order valence-electron chi connectivity index (χ3n) is 4.99. The number of likely N-dealkylation sites (tertiary alicyclic amines) is 1. The van der Waals surface area contributed by atoms with Crippen LogP contribution in [-0.4, -0.2) is 52.7 Å². The summed E-state index contributed by atoms with van der Waals surface area (Å²) in [5.41, 5.74) is -0.265. The van der Waals surface area contributed by atoms with Crippen molar-refractivity contribution >= 4 is 11.7 Å². The fourth-order valence-electron chi connectivity index (χ4n) is 4.05. The zero-order valence-electron chi connectivity index (χ0n) is 10.6. The van der Waals surface area contributed by atoms with Gasteiger partial charge < -0.3 is 4.90 Å². The molecule has 0 aromatic heterocycles. The molecule has 3 unspecified atom stereocenters. The van der Waals surface area contributed by atoms with E-state index in [-0.39, 0.29) is 23.3 Å². The number of fused-ring (bicyclic) bond motifs is 1.